The quantitative estimate of drug-likeness (QED) is 0.856. The maximum Gasteiger partial charge on any atom is 0.356 e. The summed E-state index contributed by atoms with van der Waals surface area (Å²) in [5.41, 5.74) is 3.61. The van der Waals surface area contributed by atoms with Gasteiger partial charge in [0.1, 0.15) is 5.69 Å². The third-order valence-corrected chi connectivity index (χ3v) is 4.36. The first-order valence-electron chi connectivity index (χ1n) is 8.11. The molecule has 3 rings (SSSR count). The second kappa shape index (κ2) is 6.77. The van der Waals surface area contributed by atoms with E-state index in [1.807, 2.05) is 0 Å². The summed E-state index contributed by atoms with van der Waals surface area (Å²) in [7, 11) is 0. The highest BCUT2D eigenvalue weighted by Crippen LogP contribution is 2.33. The van der Waals surface area contributed by atoms with E-state index in [1.54, 1.807) is 13.0 Å². The Kier molecular flexibility index (Phi) is 4.56. The number of nitrogens with zero attached hydrogens (tertiary/aromatic N) is 1. The first kappa shape index (κ1) is 14.8. The molecule has 1 aliphatic rings. The molecule has 0 spiro atoms. The highest BCUT2D eigenvalue weighted by atomic mass is 16.5. The second-order valence-electron chi connectivity index (χ2n) is 5.84. The number of ether oxygens (including phenoxy) is 1. The van der Waals surface area contributed by atoms with Crippen LogP contribution in [0.25, 0.3) is 11.3 Å². The molecule has 0 aliphatic heterocycles. The molecule has 0 saturated heterocycles. The predicted molar refractivity (Wildman–Crippen MR) is 85.8 cm³/mol. The Bertz CT molecular complexity index is 625. The van der Waals surface area contributed by atoms with Gasteiger partial charge in [-0.2, -0.15) is 5.10 Å². The average molecular weight is 298 g/mol. The van der Waals surface area contributed by atoms with Crippen molar-refractivity contribution in [3.05, 3.63) is 41.6 Å². The van der Waals surface area contributed by atoms with Crippen LogP contribution >= 0.6 is 0 Å². The van der Waals surface area contributed by atoms with E-state index in [0.29, 0.717) is 18.2 Å². The number of carbonyl (C=O) groups excluding carboxylic acids is 1. The molecule has 2 aromatic rings. The van der Waals surface area contributed by atoms with Gasteiger partial charge in [-0.05, 0) is 37.3 Å². The number of H-pyrrole nitrogens is 1. The fourth-order valence-electron chi connectivity index (χ4n) is 3.14. The predicted octanol–water partition coefficient (Wildman–Crippen LogP) is 4.30. The van der Waals surface area contributed by atoms with Crippen molar-refractivity contribution < 1.29 is 9.53 Å². The Balaban J connectivity index is 1.73. The molecule has 1 fully saturated rings. The molecule has 0 atom stereocenters. The Morgan fingerprint density at radius 1 is 1.23 bits per heavy atom. The van der Waals surface area contributed by atoms with Crippen molar-refractivity contribution in [2.45, 2.75) is 44.9 Å². The molecule has 0 amide bonds. The maximum absolute atomic E-state index is 11.7. The Morgan fingerprint density at radius 3 is 2.64 bits per heavy atom. The first-order valence-corrected chi connectivity index (χ1v) is 8.11. The minimum Gasteiger partial charge on any atom is -0.461 e. The van der Waals surface area contributed by atoms with Crippen LogP contribution in [0, 0.1) is 0 Å². The summed E-state index contributed by atoms with van der Waals surface area (Å²) >= 11 is 0. The molecule has 1 N–H and O–H groups in total. The van der Waals surface area contributed by atoms with Crippen LogP contribution in [-0.2, 0) is 4.74 Å². The fraction of sp³-hybridized carbons (Fsp3) is 0.444. The highest BCUT2D eigenvalue weighted by molar-refractivity contribution is 5.88. The smallest absolute Gasteiger partial charge is 0.356 e. The average Bonchev–Trinajstić information content (AvgIpc) is 3.06. The number of hydrogen-bond donors (Lipinski definition) is 1. The molecule has 22 heavy (non-hydrogen) atoms. The van der Waals surface area contributed by atoms with Gasteiger partial charge < -0.3 is 4.74 Å². The van der Waals surface area contributed by atoms with Crippen LogP contribution in [0.15, 0.2) is 30.3 Å². The largest absolute Gasteiger partial charge is 0.461 e. The van der Waals surface area contributed by atoms with Crippen LogP contribution in [0.5, 0.6) is 0 Å². The molecule has 0 bridgehead atoms. The Morgan fingerprint density at radius 2 is 1.95 bits per heavy atom. The van der Waals surface area contributed by atoms with E-state index < -0.39 is 0 Å². The molecule has 1 saturated carbocycles. The molecule has 1 aliphatic carbocycles. The number of nitrogens with one attached hydrogen (secondary N) is 1. The zero-order valence-corrected chi connectivity index (χ0v) is 13.0. The number of rotatable bonds is 4. The second-order valence-corrected chi connectivity index (χ2v) is 5.84. The zero-order valence-electron chi connectivity index (χ0n) is 13.0. The zero-order chi connectivity index (χ0) is 15.4. The van der Waals surface area contributed by atoms with Gasteiger partial charge in [-0.15, -0.1) is 0 Å². The van der Waals surface area contributed by atoms with Crippen molar-refractivity contribution in [2.24, 2.45) is 0 Å². The third-order valence-electron chi connectivity index (χ3n) is 4.36. The lowest BCUT2D eigenvalue weighted by molar-refractivity contribution is 0.0519. The Labute approximate surface area is 130 Å². The van der Waals surface area contributed by atoms with E-state index in [-0.39, 0.29) is 5.97 Å². The van der Waals surface area contributed by atoms with Gasteiger partial charge in [-0.25, -0.2) is 4.79 Å². The highest BCUT2D eigenvalue weighted by Gasteiger charge is 2.16. The van der Waals surface area contributed by atoms with Crippen LogP contribution in [-0.4, -0.2) is 22.8 Å². The van der Waals surface area contributed by atoms with E-state index in [2.05, 4.69) is 34.5 Å². The number of aromatic amines is 1. The van der Waals surface area contributed by atoms with Gasteiger partial charge in [0.2, 0.25) is 0 Å². The SMILES string of the molecule is CCOC(=O)c1cc(-c2ccc(C3CCCCC3)cc2)n[nH]1. The first-order chi connectivity index (χ1) is 10.8. The van der Waals surface area contributed by atoms with Gasteiger partial charge in [0, 0.05) is 5.56 Å². The van der Waals surface area contributed by atoms with Crippen molar-refractivity contribution in [1.82, 2.24) is 10.2 Å². The van der Waals surface area contributed by atoms with Gasteiger partial charge >= 0.3 is 5.97 Å². The summed E-state index contributed by atoms with van der Waals surface area (Å²) in [5.74, 6) is 0.345. The van der Waals surface area contributed by atoms with E-state index in [9.17, 15) is 4.79 Å². The number of hydrogen-bond acceptors (Lipinski definition) is 3. The lowest BCUT2D eigenvalue weighted by Crippen LogP contribution is -2.04. The molecule has 0 unspecified atom stereocenters. The van der Waals surface area contributed by atoms with Gasteiger partial charge in [0.15, 0.2) is 0 Å². The van der Waals surface area contributed by atoms with Crippen molar-refractivity contribution in [3.8, 4) is 11.3 Å². The number of aromatic nitrogens is 2. The van der Waals surface area contributed by atoms with Crippen LogP contribution in [0.1, 0.15) is 61.0 Å². The minimum atomic E-state index is -0.361. The standard InChI is InChI=1S/C18H22N2O2/c1-2-22-18(21)17-12-16(19-20-17)15-10-8-14(9-11-15)13-6-4-3-5-7-13/h8-13H,2-7H2,1H3,(H,19,20). The monoisotopic (exact) mass is 298 g/mol. The van der Waals surface area contributed by atoms with Gasteiger partial charge in [0.25, 0.3) is 0 Å². The van der Waals surface area contributed by atoms with E-state index in [0.717, 1.165) is 11.3 Å². The van der Waals surface area contributed by atoms with Crippen molar-refractivity contribution in [2.75, 3.05) is 6.61 Å². The van der Waals surface area contributed by atoms with Crippen LogP contribution < -0.4 is 0 Å². The summed E-state index contributed by atoms with van der Waals surface area (Å²) in [6, 6.07) is 10.3. The summed E-state index contributed by atoms with van der Waals surface area (Å²) < 4.78 is 4.97. The number of benzene rings is 1. The molecule has 1 aromatic heterocycles. The van der Waals surface area contributed by atoms with E-state index in [4.69, 9.17) is 4.74 Å². The number of esters is 1. The van der Waals surface area contributed by atoms with Gasteiger partial charge in [-0.3, -0.25) is 5.10 Å². The maximum atomic E-state index is 11.7. The third kappa shape index (κ3) is 3.21. The lowest BCUT2D eigenvalue weighted by atomic mass is 9.84. The summed E-state index contributed by atoms with van der Waals surface area (Å²) in [6.07, 6.45) is 6.66. The van der Waals surface area contributed by atoms with E-state index in [1.165, 1.54) is 37.7 Å². The normalized spacial score (nSPS) is 15.7. The lowest BCUT2D eigenvalue weighted by Gasteiger charge is -2.21. The molecular formula is C18H22N2O2. The molecule has 4 nitrogen and oxygen atoms in total. The number of carbonyl (C=O) groups is 1. The van der Waals surface area contributed by atoms with Crippen LogP contribution in [0.2, 0.25) is 0 Å². The van der Waals surface area contributed by atoms with Gasteiger partial charge in [-0.1, -0.05) is 43.5 Å². The molecule has 4 heteroatoms. The van der Waals surface area contributed by atoms with Crippen LogP contribution in [0.4, 0.5) is 0 Å². The van der Waals surface area contributed by atoms with Crippen molar-refractivity contribution in [1.29, 1.82) is 0 Å². The molecule has 0 radical (unpaired) electrons. The minimum absolute atomic E-state index is 0.361. The van der Waals surface area contributed by atoms with Gasteiger partial charge in [0.05, 0.1) is 12.3 Å². The molecule has 116 valence electrons. The summed E-state index contributed by atoms with van der Waals surface area (Å²) in [4.78, 5) is 11.7. The van der Waals surface area contributed by atoms with Crippen molar-refractivity contribution in [3.63, 3.8) is 0 Å². The van der Waals surface area contributed by atoms with Crippen molar-refractivity contribution >= 4 is 5.97 Å². The Hall–Kier alpha value is -2.10. The summed E-state index contributed by atoms with van der Waals surface area (Å²) in [5, 5.41) is 6.95. The van der Waals surface area contributed by atoms with Crippen LogP contribution in [0.3, 0.4) is 0 Å². The summed E-state index contributed by atoms with van der Waals surface area (Å²) in [6.45, 7) is 2.16. The molecule has 1 heterocycles. The van der Waals surface area contributed by atoms with E-state index >= 15 is 0 Å². The topological polar surface area (TPSA) is 55.0 Å². The molecule has 1 aromatic carbocycles. The fourth-order valence-corrected chi connectivity index (χ4v) is 3.14. The molecular weight excluding hydrogens is 276 g/mol.